The summed E-state index contributed by atoms with van der Waals surface area (Å²) in [4.78, 5) is 109. The lowest BCUT2D eigenvalue weighted by Crippen LogP contribution is -2.64. The van der Waals surface area contributed by atoms with Crippen LogP contribution in [0.4, 0.5) is 5.69 Å². The largest absolute Gasteiger partial charge is 0.504 e. The Hall–Kier alpha value is -7.26. The van der Waals surface area contributed by atoms with Crippen LogP contribution in [0.1, 0.15) is 74.7 Å². The van der Waals surface area contributed by atoms with Crippen LogP contribution in [0.25, 0.3) is 21.1 Å². The smallest absolute Gasteiger partial charge is 0.261 e. The second kappa shape index (κ2) is 33.8. The van der Waals surface area contributed by atoms with Gasteiger partial charge in [-0.1, -0.05) is 58.7 Å². The fourth-order valence-electron chi connectivity index (χ4n) is 12.8. The molecular formula is C62H84N12O20S2. The van der Waals surface area contributed by atoms with Gasteiger partial charge in [-0.15, -0.1) is 10.2 Å². The summed E-state index contributed by atoms with van der Waals surface area (Å²) in [6.45, 7) is 3.67. The molecular weight excluding hydrogens is 1300 g/mol. The Bertz CT molecular complexity index is 3310. The molecule has 13 atom stereocenters. The molecule has 5 heterocycles. The van der Waals surface area contributed by atoms with Gasteiger partial charge in [0.15, 0.2) is 11.5 Å². The summed E-state index contributed by atoms with van der Waals surface area (Å²) in [6, 6.07) is 6.31. The second-order valence-corrected chi connectivity index (χ2v) is 26.3. The van der Waals surface area contributed by atoms with Crippen LogP contribution in [0, 0.1) is 5.92 Å². The van der Waals surface area contributed by atoms with Crippen LogP contribution in [-0.4, -0.2) is 268 Å². The van der Waals surface area contributed by atoms with Gasteiger partial charge in [0, 0.05) is 99.4 Å². The molecule has 5 fully saturated rings. The van der Waals surface area contributed by atoms with Crippen molar-refractivity contribution in [3.63, 3.8) is 0 Å². The Labute approximate surface area is 560 Å². The van der Waals surface area contributed by atoms with Gasteiger partial charge in [-0.3, -0.25) is 38.5 Å². The van der Waals surface area contributed by atoms with E-state index in [-0.39, 0.29) is 42.3 Å². The van der Waals surface area contributed by atoms with Gasteiger partial charge in [-0.2, -0.15) is 0 Å². The molecule has 0 spiro atoms. The molecule has 32 nitrogen and oxygen atoms in total. The highest BCUT2D eigenvalue weighted by Gasteiger charge is 2.50. The maximum absolute atomic E-state index is 15.0. The van der Waals surface area contributed by atoms with Gasteiger partial charge in [0.1, 0.15) is 46.3 Å². The van der Waals surface area contributed by atoms with E-state index in [1.165, 1.54) is 68.2 Å². The molecule has 1 saturated carbocycles. The number of nitrogens with zero attached hydrogens (tertiary/aromatic N) is 6. The SMILES string of the molecule is C[C@@H](O)[C@@H]1NC(=O)C(NC(=O)c2ccc(-c3nnc(-c4ccc(N5CCN(C6CCCC6)CC5)cc4)s3)cc2)C[C@@H](O)CNC(=O)[C@@H]2[C@@H](O)[C@@H](C)CN2C(=O)[C@H]([C@H](O)CCNC(CO)CO)NC(=O)[C@H]([C@H](O)Cc2ccc(O)c(OSOOO)c2)NC(=O)[C@@H]2C[C@@H](O)CN2C1=O. The molecule has 7 amide bonds. The van der Waals surface area contributed by atoms with E-state index in [1.54, 1.807) is 12.1 Å². The molecule has 3 aromatic carbocycles. The Balaban J connectivity index is 0.975. The molecule has 0 radical (unpaired) electrons. The highest BCUT2D eigenvalue weighted by Crippen LogP contribution is 2.34. The van der Waals surface area contributed by atoms with Crippen LogP contribution >= 0.6 is 23.7 Å². The predicted molar refractivity (Wildman–Crippen MR) is 343 cm³/mol. The molecule has 524 valence electrons. The van der Waals surface area contributed by atoms with E-state index in [2.05, 4.69) is 73.4 Å². The molecule has 4 aromatic rings. The molecule has 4 aliphatic heterocycles. The van der Waals surface area contributed by atoms with Crippen LogP contribution in [-0.2, 0) is 44.6 Å². The number of hydrogen-bond donors (Lipinski definition) is 16. The standard InChI is InChI=1S/C62H84N12O20S2/c1-32-28-74-52(53(32)83)58(88)64-27-41(78)25-43(65-54(84)35-8-10-36(11-9-35)59-69-70-60(95-59)37-12-14-40(15-13-37)72-21-19-71(20-22-72)39-5-3-4-6-39)55(85)66-49(33(2)77)61(89)73-29-42(79)26-44(73)56(86)67-50(47(82)23-34-7-16-45(80)48(24-34)92-96-94-93-91)57(87)68-51(62(74)90)46(81)17-18-63-38(30-75)31-76/h7-16,24,32-33,38-39,41-44,46-47,49-53,63,75-83,91H,3-6,17-23,25-31H2,1-2H3,(H,64,88)(H,65,84)(H,66,85)(H,67,86)(H,68,87)/t32-,33+,41+,42+,43?,44-,46+,47+,49-,50-,51-,52-,53-/m0/s1. The summed E-state index contributed by atoms with van der Waals surface area (Å²) >= 11 is 1.41. The number of aromatic hydroxyl groups is 1. The van der Waals surface area contributed by atoms with Crippen molar-refractivity contribution in [1.29, 1.82) is 0 Å². The zero-order valence-electron chi connectivity index (χ0n) is 52.8. The maximum atomic E-state index is 15.0. The van der Waals surface area contributed by atoms with Crippen LogP contribution in [0.3, 0.4) is 0 Å². The number of hydrogen-bond acceptors (Lipinski definition) is 27. The monoisotopic (exact) mass is 1380 g/mol. The first-order valence-electron chi connectivity index (χ1n) is 31.9. The third-order valence-electron chi connectivity index (χ3n) is 18.2. The number of aromatic nitrogens is 2. The van der Waals surface area contributed by atoms with Gasteiger partial charge in [0.25, 0.3) is 18.2 Å². The highest BCUT2D eigenvalue weighted by molar-refractivity contribution is 7.90. The number of phenolic OH excluding ortho intramolecular Hbond substituents is 1. The van der Waals surface area contributed by atoms with Gasteiger partial charge >= 0.3 is 0 Å². The third kappa shape index (κ3) is 18.1. The summed E-state index contributed by atoms with van der Waals surface area (Å²) in [5.41, 5.74) is 2.73. The number of amides is 7. The number of nitrogens with one attached hydrogen (secondary N) is 6. The number of rotatable bonds is 21. The summed E-state index contributed by atoms with van der Waals surface area (Å²) < 4.78 is 9.37. The van der Waals surface area contributed by atoms with Crippen molar-refractivity contribution in [2.24, 2.45) is 5.92 Å². The van der Waals surface area contributed by atoms with E-state index in [1.807, 2.05) is 12.1 Å². The maximum Gasteiger partial charge on any atom is 0.261 e. The quantitative estimate of drug-likeness (QED) is 0.0174. The van der Waals surface area contributed by atoms with Gasteiger partial charge in [0.2, 0.25) is 35.4 Å². The predicted octanol–water partition coefficient (Wildman–Crippen LogP) is -2.71. The number of aliphatic hydroxyl groups is 8. The zero-order chi connectivity index (χ0) is 68.9. The Morgan fingerprint density at radius 3 is 2.03 bits per heavy atom. The Morgan fingerprint density at radius 1 is 0.750 bits per heavy atom. The molecule has 4 saturated heterocycles. The number of aliphatic hydroxyl groups excluding tert-OH is 8. The number of anilines is 1. The molecule has 5 aliphatic rings. The van der Waals surface area contributed by atoms with Crippen molar-refractivity contribution in [2.75, 3.05) is 70.5 Å². The molecule has 9 rings (SSSR count). The van der Waals surface area contributed by atoms with Crippen LogP contribution < -0.4 is 41.0 Å². The van der Waals surface area contributed by atoms with E-state index in [0.717, 1.165) is 60.2 Å². The lowest BCUT2D eigenvalue weighted by Gasteiger charge is -2.39. The van der Waals surface area contributed by atoms with Crippen LogP contribution in [0.2, 0.25) is 0 Å². The number of phenols is 1. The minimum atomic E-state index is -2.16. The molecule has 96 heavy (non-hydrogen) atoms. The summed E-state index contributed by atoms with van der Waals surface area (Å²) in [7, 11) is 0. The topological polar surface area (TPSA) is 460 Å². The molecule has 1 unspecified atom stereocenters. The number of β-amino-alcohol motifs (C(OH)–C–C–N with tert-alkyl or cyclic N) is 1. The van der Waals surface area contributed by atoms with Crippen molar-refractivity contribution < 1.29 is 98.3 Å². The normalized spacial score (nSPS) is 26.5. The summed E-state index contributed by atoms with van der Waals surface area (Å²) in [6.07, 6.45) is -7.48. The summed E-state index contributed by atoms with van der Waals surface area (Å²) in [5, 5.41) is 136. The van der Waals surface area contributed by atoms with Gasteiger partial charge in [-0.25, -0.2) is 5.26 Å². The van der Waals surface area contributed by atoms with Crippen molar-refractivity contribution in [3.8, 4) is 32.6 Å². The van der Waals surface area contributed by atoms with Crippen molar-refractivity contribution in [1.82, 2.24) is 56.8 Å². The number of benzene rings is 3. The Morgan fingerprint density at radius 2 is 1.39 bits per heavy atom. The average Bonchev–Trinajstić information content (AvgIpc) is 1.47. The van der Waals surface area contributed by atoms with Crippen molar-refractivity contribution in [2.45, 2.75) is 150 Å². The number of carbonyl (C=O) groups is 7. The van der Waals surface area contributed by atoms with Gasteiger partial charge in [0.05, 0.1) is 55.9 Å². The Kier molecular flexibility index (Phi) is 25.7. The first-order chi connectivity index (χ1) is 46.0. The first-order valence-corrected chi connectivity index (χ1v) is 33.3. The summed E-state index contributed by atoms with van der Waals surface area (Å²) in [5.74, 6) is -9.58. The highest BCUT2D eigenvalue weighted by atomic mass is 32.2. The number of fused-ring (bicyclic) bond motifs is 2. The third-order valence-corrected chi connectivity index (χ3v) is 19.5. The number of carbonyl (C=O) groups excluding carboxylic acids is 7. The molecule has 34 heteroatoms. The van der Waals surface area contributed by atoms with Crippen molar-refractivity contribution in [3.05, 3.63) is 77.9 Å². The molecule has 1 aliphatic carbocycles. The van der Waals surface area contributed by atoms with E-state index >= 15 is 0 Å². The van der Waals surface area contributed by atoms with E-state index in [9.17, 15) is 79.5 Å². The van der Waals surface area contributed by atoms with E-state index in [0.29, 0.717) is 21.6 Å². The average molecular weight is 1380 g/mol. The minimum absolute atomic E-state index is 0.0228. The van der Waals surface area contributed by atoms with Gasteiger partial charge in [-0.05, 0) is 86.8 Å². The zero-order valence-corrected chi connectivity index (χ0v) is 54.4. The fourth-order valence-corrected chi connectivity index (χ4v) is 13.9. The van der Waals surface area contributed by atoms with Crippen molar-refractivity contribution >= 4 is 70.7 Å². The fraction of sp³-hybridized carbons (Fsp3) is 0.565. The minimum Gasteiger partial charge on any atom is -0.504 e. The van der Waals surface area contributed by atoms with Crippen LogP contribution in [0.5, 0.6) is 11.5 Å². The number of piperazine rings is 1. The van der Waals surface area contributed by atoms with Gasteiger partial charge < -0.3 is 96.7 Å². The molecule has 16 N–H and O–H groups in total. The van der Waals surface area contributed by atoms with E-state index < -0.39 is 184 Å². The lowest BCUT2D eigenvalue weighted by atomic mass is 9.98. The molecule has 0 bridgehead atoms. The first kappa shape index (κ1) is 73.0. The lowest BCUT2D eigenvalue weighted by molar-refractivity contribution is -0.433. The molecule has 1 aromatic heterocycles. The second-order valence-electron chi connectivity index (χ2n) is 24.9. The van der Waals surface area contributed by atoms with Crippen LogP contribution in [0.15, 0.2) is 66.7 Å². The van der Waals surface area contributed by atoms with E-state index in [4.69, 9.17) is 9.44 Å².